The molecule has 1 aromatic carbocycles. The van der Waals surface area contributed by atoms with E-state index in [1.54, 1.807) is 22.7 Å². The topological polar surface area (TPSA) is 75.6 Å². The Morgan fingerprint density at radius 3 is 2.74 bits per heavy atom. The third-order valence-corrected chi connectivity index (χ3v) is 7.11. The van der Waals surface area contributed by atoms with Gasteiger partial charge in [-0.3, -0.25) is 14.5 Å². The second-order valence-electron chi connectivity index (χ2n) is 7.24. The summed E-state index contributed by atoms with van der Waals surface area (Å²) < 4.78 is 2.40. The summed E-state index contributed by atoms with van der Waals surface area (Å²) in [5.41, 5.74) is 3.19. The van der Waals surface area contributed by atoms with Gasteiger partial charge in [-0.2, -0.15) is 5.10 Å². The number of nitrogens with zero attached hydrogens (tertiary/aromatic N) is 3. The summed E-state index contributed by atoms with van der Waals surface area (Å²) in [6, 6.07) is 12.3. The van der Waals surface area contributed by atoms with Crippen molar-refractivity contribution in [2.24, 2.45) is 0 Å². The highest BCUT2D eigenvalue weighted by Gasteiger charge is 2.11. The maximum atomic E-state index is 12.4. The highest BCUT2D eigenvalue weighted by Crippen LogP contribution is 2.29. The predicted octanol–water partition coefficient (Wildman–Crippen LogP) is 5.16. The molecule has 3 aromatic heterocycles. The number of amides is 1. The van der Waals surface area contributed by atoms with Crippen molar-refractivity contribution < 1.29 is 4.79 Å². The molecular formula is C22H23N5OS3. The van der Waals surface area contributed by atoms with Crippen molar-refractivity contribution in [1.82, 2.24) is 25.1 Å². The molecular weight excluding hydrogens is 446 g/mol. The van der Waals surface area contributed by atoms with E-state index >= 15 is 0 Å². The number of benzene rings is 1. The fourth-order valence-corrected chi connectivity index (χ4v) is 5.08. The first kappa shape index (κ1) is 21.6. The summed E-state index contributed by atoms with van der Waals surface area (Å²) in [4.78, 5) is 19.3. The smallest absolute Gasteiger partial charge is 0.221 e. The molecule has 9 heteroatoms. The van der Waals surface area contributed by atoms with Crippen LogP contribution in [0.15, 0.2) is 41.8 Å². The number of aromatic amines is 1. The maximum Gasteiger partial charge on any atom is 0.221 e. The first-order valence-electron chi connectivity index (χ1n) is 10.00. The number of aromatic nitrogens is 4. The summed E-state index contributed by atoms with van der Waals surface area (Å²) in [6.07, 6.45) is 1.15. The van der Waals surface area contributed by atoms with E-state index in [-0.39, 0.29) is 5.91 Å². The first-order valence-corrected chi connectivity index (χ1v) is 12.1. The van der Waals surface area contributed by atoms with Gasteiger partial charge in [0.05, 0.1) is 15.6 Å². The van der Waals surface area contributed by atoms with Crippen LogP contribution in [0.3, 0.4) is 0 Å². The molecule has 0 saturated carbocycles. The third-order valence-electron chi connectivity index (χ3n) is 4.86. The quantitative estimate of drug-likeness (QED) is 0.350. The number of thiazole rings is 1. The maximum absolute atomic E-state index is 12.4. The summed E-state index contributed by atoms with van der Waals surface area (Å²) in [5, 5.41) is 13.3. The van der Waals surface area contributed by atoms with Crippen molar-refractivity contribution in [3.05, 3.63) is 62.0 Å². The molecule has 2 N–H and O–H groups in total. The van der Waals surface area contributed by atoms with Crippen LogP contribution in [0.25, 0.3) is 22.0 Å². The highest BCUT2D eigenvalue weighted by atomic mass is 32.1. The van der Waals surface area contributed by atoms with Gasteiger partial charge in [-0.25, -0.2) is 4.98 Å². The van der Waals surface area contributed by atoms with Crippen LogP contribution >= 0.6 is 34.9 Å². The largest absolute Gasteiger partial charge is 0.356 e. The Balaban J connectivity index is 1.29. The zero-order chi connectivity index (χ0) is 21.8. The van der Waals surface area contributed by atoms with E-state index in [9.17, 15) is 4.79 Å². The summed E-state index contributed by atoms with van der Waals surface area (Å²) in [6.45, 7) is 5.15. The normalized spacial score (nSPS) is 11.0. The molecule has 0 spiro atoms. The molecule has 4 rings (SSSR count). The first-order chi connectivity index (χ1) is 15.0. The van der Waals surface area contributed by atoms with Crippen LogP contribution in [-0.4, -0.2) is 32.2 Å². The molecule has 0 aliphatic carbocycles. The third kappa shape index (κ3) is 5.36. The van der Waals surface area contributed by atoms with Gasteiger partial charge in [0.25, 0.3) is 0 Å². The van der Waals surface area contributed by atoms with Gasteiger partial charge in [0.2, 0.25) is 5.91 Å². The second kappa shape index (κ2) is 9.67. The molecule has 31 heavy (non-hydrogen) atoms. The van der Waals surface area contributed by atoms with Crippen molar-refractivity contribution in [2.45, 2.75) is 33.2 Å². The van der Waals surface area contributed by atoms with Crippen LogP contribution in [0.1, 0.15) is 21.9 Å². The van der Waals surface area contributed by atoms with Crippen LogP contribution in [0.5, 0.6) is 0 Å². The molecule has 0 fully saturated rings. The van der Waals surface area contributed by atoms with Gasteiger partial charge in [0.15, 0.2) is 10.6 Å². The van der Waals surface area contributed by atoms with E-state index < -0.39 is 0 Å². The minimum atomic E-state index is 0.00450. The van der Waals surface area contributed by atoms with Crippen molar-refractivity contribution in [1.29, 1.82) is 0 Å². The number of carbonyl (C=O) groups is 1. The van der Waals surface area contributed by atoms with Gasteiger partial charge in [0.1, 0.15) is 0 Å². The number of thiophene rings is 1. The standard InChI is InChI=1S/C22H23N5OS3/c1-14-3-5-16(6-4-14)21-25-26-22(29)27(21)12-10-20(28)23-11-9-17-7-8-19(31-17)18-13-30-15(2)24-18/h3-8,13H,9-12H2,1-2H3,(H,23,28)(H,26,29). The van der Waals surface area contributed by atoms with Gasteiger partial charge < -0.3 is 5.32 Å². The fraction of sp³-hybridized carbons (Fsp3) is 0.273. The summed E-state index contributed by atoms with van der Waals surface area (Å²) in [5.74, 6) is 0.756. The van der Waals surface area contributed by atoms with Gasteiger partial charge in [-0.05, 0) is 44.6 Å². The van der Waals surface area contributed by atoms with Gasteiger partial charge in [0, 0.05) is 35.3 Å². The van der Waals surface area contributed by atoms with Gasteiger partial charge in [-0.1, -0.05) is 29.8 Å². The number of aryl methyl sites for hydroxylation is 2. The van der Waals surface area contributed by atoms with Crippen LogP contribution in [0.4, 0.5) is 0 Å². The Morgan fingerprint density at radius 2 is 2.00 bits per heavy atom. The SMILES string of the molecule is Cc1ccc(-c2n[nH]c(=S)n2CCC(=O)NCCc2ccc(-c3csc(C)n3)s2)cc1. The zero-order valence-corrected chi connectivity index (χ0v) is 19.8. The molecule has 1 amide bonds. The summed E-state index contributed by atoms with van der Waals surface area (Å²) >= 11 is 8.74. The predicted molar refractivity (Wildman–Crippen MR) is 129 cm³/mol. The highest BCUT2D eigenvalue weighted by molar-refractivity contribution is 7.71. The van der Waals surface area contributed by atoms with E-state index in [2.05, 4.69) is 38.0 Å². The average molecular weight is 470 g/mol. The number of hydrogen-bond acceptors (Lipinski definition) is 6. The average Bonchev–Trinajstić information content (AvgIpc) is 3.47. The number of H-pyrrole nitrogens is 1. The Hall–Kier alpha value is -2.62. The Labute approximate surface area is 194 Å². The number of nitrogens with one attached hydrogen (secondary N) is 2. The molecule has 0 aliphatic heterocycles. The van der Waals surface area contributed by atoms with Crippen LogP contribution in [0, 0.1) is 18.6 Å². The lowest BCUT2D eigenvalue weighted by atomic mass is 10.1. The van der Waals surface area contributed by atoms with E-state index in [0.717, 1.165) is 28.5 Å². The van der Waals surface area contributed by atoms with E-state index in [4.69, 9.17) is 12.2 Å². The molecule has 0 radical (unpaired) electrons. The number of carbonyl (C=O) groups excluding carboxylic acids is 1. The zero-order valence-electron chi connectivity index (χ0n) is 17.3. The monoisotopic (exact) mass is 469 g/mol. The molecule has 6 nitrogen and oxygen atoms in total. The van der Waals surface area contributed by atoms with Gasteiger partial charge in [-0.15, -0.1) is 22.7 Å². The molecule has 0 unspecified atom stereocenters. The molecule has 160 valence electrons. The van der Waals surface area contributed by atoms with Crippen molar-refractivity contribution in [2.75, 3.05) is 6.54 Å². The Kier molecular flexibility index (Phi) is 6.74. The molecule has 4 aromatic rings. The molecule has 0 atom stereocenters. The molecule has 3 heterocycles. The lowest BCUT2D eigenvalue weighted by molar-refractivity contribution is -0.121. The Morgan fingerprint density at radius 1 is 1.19 bits per heavy atom. The Bertz CT molecular complexity index is 1230. The van der Waals surface area contributed by atoms with E-state index in [0.29, 0.717) is 24.3 Å². The fourth-order valence-electron chi connectivity index (χ4n) is 3.20. The van der Waals surface area contributed by atoms with E-state index in [1.165, 1.54) is 15.3 Å². The van der Waals surface area contributed by atoms with Crippen LogP contribution in [0.2, 0.25) is 0 Å². The minimum Gasteiger partial charge on any atom is -0.356 e. The number of hydrogen-bond donors (Lipinski definition) is 2. The molecule has 0 saturated heterocycles. The lowest BCUT2D eigenvalue weighted by Crippen LogP contribution is -2.26. The molecule has 0 aliphatic rings. The second-order valence-corrected chi connectivity index (χ2v) is 9.85. The van der Waals surface area contributed by atoms with Gasteiger partial charge >= 0.3 is 0 Å². The van der Waals surface area contributed by atoms with Crippen molar-refractivity contribution in [3.8, 4) is 22.0 Å². The minimum absolute atomic E-state index is 0.00450. The molecule has 0 bridgehead atoms. The lowest BCUT2D eigenvalue weighted by Gasteiger charge is -2.08. The van der Waals surface area contributed by atoms with Crippen LogP contribution in [-0.2, 0) is 17.8 Å². The summed E-state index contributed by atoms with van der Waals surface area (Å²) in [7, 11) is 0. The van der Waals surface area contributed by atoms with Crippen molar-refractivity contribution >= 4 is 40.8 Å². The van der Waals surface area contributed by atoms with Crippen molar-refractivity contribution in [3.63, 3.8) is 0 Å². The number of rotatable bonds is 8. The van der Waals surface area contributed by atoms with Crippen LogP contribution < -0.4 is 5.32 Å². The van der Waals surface area contributed by atoms with E-state index in [1.807, 2.05) is 42.7 Å².